The Bertz CT molecular complexity index is 304. The molecule has 0 amide bonds. The molecule has 1 aliphatic carbocycles. The zero-order chi connectivity index (χ0) is 10.7. The SMILES string of the molecule is CCCn1ccnc1CC(O)C1CCC1. The molecule has 3 nitrogen and oxygen atoms in total. The normalized spacial score (nSPS) is 18.8. The highest BCUT2D eigenvalue weighted by Crippen LogP contribution is 2.30. The summed E-state index contributed by atoms with van der Waals surface area (Å²) in [7, 11) is 0. The van der Waals surface area contributed by atoms with Gasteiger partial charge in [-0.1, -0.05) is 13.3 Å². The number of aliphatic hydroxyl groups excluding tert-OH is 1. The molecule has 1 heterocycles. The highest BCUT2D eigenvalue weighted by Gasteiger charge is 2.26. The minimum absolute atomic E-state index is 0.184. The molecule has 0 saturated heterocycles. The van der Waals surface area contributed by atoms with Gasteiger partial charge in [-0.3, -0.25) is 0 Å². The van der Waals surface area contributed by atoms with Crippen LogP contribution in [0.5, 0.6) is 0 Å². The maximum absolute atomic E-state index is 9.98. The molecule has 15 heavy (non-hydrogen) atoms. The average Bonchev–Trinajstić information content (AvgIpc) is 2.50. The van der Waals surface area contributed by atoms with Gasteiger partial charge in [0.25, 0.3) is 0 Å². The first-order valence-corrected chi connectivity index (χ1v) is 5.99. The zero-order valence-corrected chi connectivity index (χ0v) is 9.39. The van der Waals surface area contributed by atoms with Crippen molar-refractivity contribution in [3.8, 4) is 0 Å². The van der Waals surface area contributed by atoms with E-state index in [1.807, 2.05) is 12.4 Å². The van der Waals surface area contributed by atoms with Crippen LogP contribution in [0.1, 0.15) is 38.4 Å². The average molecular weight is 208 g/mol. The van der Waals surface area contributed by atoms with Crippen molar-refractivity contribution in [2.45, 2.75) is 51.7 Å². The van der Waals surface area contributed by atoms with E-state index >= 15 is 0 Å². The molecular weight excluding hydrogens is 188 g/mol. The van der Waals surface area contributed by atoms with E-state index in [4.69, 9.17) is 0 Å². The molecule has 1 fully saturated rings. The summed E-state index contributed by atoms with van der Waals surface area (Å²) in [6.45, 7) is 3.17. The molecule has 1 aliphatic rings. The summed E-state index contributed by atoms with van der Waals surface area (Å²) >= 11 is 0. The van der Waals surface area contributed by atoms with Crippen LogP contribution in [-0.2, 0) is 13.0 Å². The Labute approximate surface area is 91.1 Å². The predicted octanol–water partition coefficient (Wildman–Crippen LogP) is 2.00. The van der Waals surface area contributed by atoms with Crippen molar-refractivity contribution in [3.63, 3.8) is 0 Å². The predicted molar refractivity (Wildman–Crippen MR) is 59.6 cm³/mol. The summed E-state index contributed by atoms with van der Waals surface area (Å²) in [4.78, 5) is 4.32. The van der Waals surface area contributed by atoms with Gasteiger partial charge < -0.3 is 9.67 Å². The Morgan fingerprint density at radius 2 is 2.40 bits per heavy atom. The molecule has 0 aliphatic heterocycles. The van der Waals surface area contributed by atoms with Crippen LogP contribution in [0.3, 0.4) is 0 Å². The van der Waals surface area contributed by atoms with Crippen molar-refractivity contribution in [3.05, 3.63) is 18.2 Å². The minimum atomic E-state index is -0.184. The second-order valence-corrected chi connectivity index (χ2v) is 4.50. The molecule has 0 spiro atoms. The van der Waals surface area contributed by atoms with Crippen LogP contribution < -0.4 is 0 Å². The molecule has 0 aromatic carbocycles. The van der Waals surface area contributed by atoms with Gasteiger partial charge in [-0.05, 0) is 25.2 Å². The first kappa shape index (κ1) is 10.7. The van der Waals surface area contributed by atoms with Crippen LogP contribution in [0.15, 0.2) is 12.4 Å². The van der Waals surface area contributed by atoms with Gasteiger partial charge in [-0.15, -0.1) is 0 Å². The molecule has 3 heteroatoms. The Kier molecular flexibility index (Phi) is 3.41. The number of imidazole rings is 1. The van der Waals surface area contributed by atoms with Crippen molar-refractivity contribution in [2.24, 2.45) is 5.92 Å². The van der Waals surface area contributed by atoms with E-state index in [9.17, 15) is 5.11 Å². The third kappa shape index (κ3) is 2.40. The van der Waals surface area contributed by atoms with Gasteiger partial charge in [0.2, 0.25) is 0 Å². The van der Waals surface area contributed by atoms with Gasteiger partial charge in [-0.2, -0.15) is 0 Å². The van der Waals surface area contributed by atoms with Crippen molar-refractivity contribution < 1.29 is 5.11 Å². The van der Waals surface area contributed by atoms with Gasteiger partial charge in [0.15, 0.2) is 0 Å². The van der Waals surface area contributed by atoms with E-state index in [0.29, 0.717) is 5.92 Å². The molecule has 0 radical (unpaired) electrons. The number of aryl methyl sites for hydroxylation is 1. The minimum Gasteiger partial charge on any atom is -0.392 e. The highest BCUT2D eigenvalue weighted by molar-refractivity contribution is 4.96. The summed E-state index contributed by atoms with van der Waals surface area (Å²) < 4.78 is 2.15. The van der Waals surface area contributed by atoms with Gasteiger partial charge >= 0.3 is 0 Å². The number of hydrogen-bond acceptors (Lipinski definition) is 2. The fourth-order valence-electron chi connectivity index (χ4n) is 2.15. The highest BCUT2D eigenvalue weighted by atomic mass is 16.3. The molecule has 1 aromatic heterocycles. The third-order valence-electron chi connectivity index (χ3n) is 3.35. The van der Waals surface area contributed by atoms with E-state index in [-0.39, 0.29) is 6.10 Å². The topological polar surface area (TPSA) is 38.0 Å². The summed E-state index contributed by atoms with van der Waals surface area (Å²) in [5.74, 6) is 1.56. The maximum atomic E-state index is 9.98. The van der Waals surface area contributed by atoms with Crippen LogP contribution in [0.4, 0.5) is 0 Å². The number of hydrogen-bond donors (Lipinski definition) is 1. The summed E-state index contributed by atoms with van der Waals surface area (Å²) in [6.07, 6.45) is 9.15. The van der Waals surface area contributed by atoms with Crippen molar-refractivity contribution in [1.29, 1.82) is 0 Å². The molecule has 2 rings (SSSR count). The van der Waals surface area contributed by atoms with Crippen molar-refractivity contribution in [2.75, 3.05) is 0 Å². The number of rotatable bonds is 5. The smallest absolute Gasteiger partial charge is 0.111 e. The van der Waals surface area contributed by atoms with Crippen molar-refractivity contribution in [1.82, 2.24) is 9.55 Å². The van der Waals surface area contributed by atoms with Gasteiger partial charge in [0, 0.05) is 25.4 Å². The lowest BCUT2D eigenvalue weighted by Crippen LogP contribution is -2.29. The summed E-state index contributed by atoms with van der Waals surface area (Å²) in [5.41, 5.74) is 0. The molecule has 1 unspecified atom stereocenters. The molecule has 1 saturated carbocycles. The number of aromatic nitrogens is 2. The fraction of sp³-hybridized carbons (Fsp3) is 0.750. The Hall–Kier alpha value is -0.830. The van der Waals surface area contributed by atoms with Crippen LogP contribution >= 0.6 is 0 Å². The van der Waals surface area contributed by atoms with Gasteiger partial charge in [0.05, 0.1) is 6.10 Å². The lowest BCUT2D eigenvalue weighted by molar-refractivity contribution is 0.0607. The molecule has 1 aromatic rings. The Morgan fingerprint density at radius 3 is 3.00 bits per heavy atom. The zero-order valence-electron chi connectivity index (χ0n) is 9.39. The monoisotopic (exact) mass is 208 g/mol. The van der Waals surface area contributed by atoms with E-state index in [1.165, 1.54) is 19.3 Å². The third-order valence-corrected chi connectivity index (χ3v) is 3.35. The maximum Gasteiger partial charge on any atom is 0.111 e. The van der Waals surface area contributed by atoms with Gasteiger partial charge in [-0.25, -0.2) is 4.98 Å². The van der Waals surface area contributed by atoms with E-state index in [2.05, 4.69) is 16.5 Å². The standard InChI is InChI=1S/C12H20N2O/c1-2-7-14-8-6-13-12(14)9-11(15)10-4-3-5-10/h6,8,10-11,15H,2-5,7,9H2,1H3. The Morgan fingerprint density at radius 1 is 1.60 bits per heavy atom. The molecule has 0 bridgehead atoms. The number of nitrogens with zero attached hydrogens (tertiary/aromatic N) is 2. The molecule has 1 atom stereocenters. The lowest BCUT2D eigenvalue weighted by atomic mass is 9.80. The Balaban J connectivity index is 1.93. The summed E-state index contributed by atoms with van der Waals surface area (Å²) in [5, 5.41) is 9.98. The van der Waals surface area contributed by atoms with E-state index in [0.717, 1.165) is 25.2 Å². The first-order valence-electron chi connectivity index (χ1n) is 5.99. The van der Waals surface area contributed by atoms with Crippen LogP contribution in [0, 0.1) is 5.92 Å². The van der Waals surface area contributed by atoms with Crippen LogP contribution in [-0.4, -0.2) is 20.8 Å². The molecule has 84 valence electrons. The number of aliphatic hydroxyl groups is 1. The fourth-order valence-corrected chi connectivity index (χ4v) is 2.15. The second kappa shape index (κ2) is 4.79. The lowest BCUT2D eigenvalue weighted by Gasteiger charge is -2.30. The van der Waals surface area contributed by atoms with Gasteiger partial charge in [0.1, 0.15) is 5.82 Å². The second-order valence-electron chi connectivity index (χ2n) is 4.50. The largest absolute Gasteiger partial charge is 0.392 e. The van der Waals surface area contributed by atoms with Crippen molar-refractivity contribution >= 4 is 0 Å². The summed E-state index contributed by atoms with van der Waals surface area (Å²) in [6, 6.07) is 0. The van der Waals surface area contributed by atoms with E-state index < -0.39 is 0 Å². The quantitative estimate of drug-likeness (QED) is 0.803. The molecular formula is C12H20N2O. The van der Waals surface area contributed by atoms with Crippen LogP contribution in [0.25, 0.3) is 0 Å². The van der Waals surface area contributed by atoms with E-state index in [1.54, 1.807) is 0 Å². The first-order chi connectivity index (χ1) is 7.31. The molecule has 1 N–H and O–H groups in total. The van der Waals surface area contributed by atoms with Crippen LogP contribution in [0.2, 0.25) is 0 Å².